The van der Waals surface area contributed by atoms with Crippen molar-refractivity contribution < 1.29 is 19.2 Å². The predicted octanol–water partition coefficient (Wildman–Crippen LogP) is 2.14. The Morgan fingerprint density at radius 1 is 1.38 bits per heavy atom. The van der Waals surface area contributed by atoms with Crippen LogP contribution in [0.2, 0.25) is 4.24 Å². The van der Waals surface area contributed by atoms with Gasteiger partial charge in [-0.3, -0.25) is 4.79 Å². The molecule has 0 aliphatic heterocycles. The molecule has 0 bridgehead atoms. The number of nitrogens with two attached hydrogens (primary N) is 1. The van der Waals surface area contributed by atoms with Crippen LogP contribution >= 0.6 is 0 Å². The number of aryl methyl sites for hydroxylation is 1. The van der Waals surface area contributed by atoms with Crippen LogP contribution in [-0.2, 0) is 6.42 Å². The molecule has 0 saturated heterocycles. The second kappa shape index (κ2) is 8.47. The zero-order valence-electron chi connectivity index (χ0n) is 18.5. The number of carbonyl (C=O) groups is 1. The van der Waals surface area contributed by atoms with E-state index < -0.39 is 12.0 Å². The molecular weight excluding hydrogens is 304 g/mol. The van der Waals surface area contributed by atoms with Gasteiger partial charge >= 0.3 is 0 Å². The normalized spacial score (nSPS) is 16.2. The van der Waals surface area contributed by atoms with Crippen molar-refractivity contribution in [1.29, 1.82) is 2.86 Å². The summed E-state index contributed by atoms with van der Waals surface area (Å²) in [4.78, 5) is 12.0. The lowest BCUT2D eigenvalue weighted by Crippen LogP contribution is -2.31. The number of aliphatic hydroxyl groups excluding tert-OH is 1. The van der Waals surface area contributed by atoms with Crippen LogP contribution in [-0.4, -0.2) is 31.6 Å². The molecule has 1 amide bonds. The smallest absolute Gasteiger partial charge is 0.293 e. The van der Waals surface area contributed by atoms with E-state index in [0.717, 1.165) is 12.8 Å². The van der Waals surface area contributed by atoms with Gasteiger partial charge < -0.3 is 21.2 Å². The predicted molar refractivity (Wildman–Crippen MR) is 93.8 cm³/mol. The molecule has 2 aromatic carbocycles. The zero-order valence-corrected chi connectivity index (χ0v) is 13.5. The molecule has 128 valence electrons. The highest BCUT2D eigenvalue weighted by Gasteiger charge is 2.14. The maximum Gasteiger partial charge on any atom is 0.293 e. The number of hydrogen-bond donors (Lipinski definition) is 4. The highest BCUT2D eigenvalue weighted by atomic mass is 16.3. The fourth-order valence-electron chi connectivity index (χ4n) is 2.41. The average molecular weight is 333 g/mol. The lowest BCUT2D eigenvalue weighted by molar-refractivity contribution is 0.0997. The maximum absolute atomic E-state index is 12.0. The van der Waals surface area contributed by atoms with Crippen molar-refractivity contribution in [2.45, 2.75) is 31.9 Å². The monoisotopic (exact) mass is 333 g/mol. The summed E-state index contributed by atoms with van der Waals surface area (Å²) < 4.78 is 37.0. The SMILES string of the molecule is [2H]Oc1ccc(C(CN([2H])C(C)CCc2ccccc2)O[2H])cc1C(=O)N([2H])[2H]. The van der Waals surface area contributed by atoms with E-state index in [9.17, 15) is 4.79 Å². The van der Waals surface area contributed by atoms with Crippen molar-refractivity contribution in [3.8, 4) is 5.75 Å². The van der Waals surface area contributed by atoms with Crippen molar-refractivity contribution >= 4 is 5.91 Å². The van der Waals surface area contributed by atoms with Crippen LogP contribution < -0.4 is 11.0 Å². The maximum atomic E-state index is 12.0. The summed E-state index contributed by atoms with van der Waals surface area (Å²) in [6, 6.07) is 14.1. The van der Waals surface area contributed by atoms with Crippen molar-refractivity contribution in [3.05, 3.63) is 65.2 Å². The van der Waals surface area contributed by atoms with Crippen molar-refractivity contribution in [2.75, 3.05) is 6.54 Å². The van der Waals surface area contributed by atoms with Gasteiger partial charge in [-0.05, 0) is 43.0 Å². The van der Waals surface area contributed by atoms with Gasteiger partial charge in [0.1, 0.15) is 7.16 Å². The van der Waals surface area contributed by atoms with E-state index in [2.05, 4.69) is 5.11 Å². The summed E-state index contributed by atoms with van der Waals surface area (Å²) in [5.41, 5.74) is 1.34. The van der Waals surface area contributed by atoms with E-state index in [1.807, 2.05) is 37.3 Å². The summed E-state index contributed by atoms with van der Waals surface area (Å²) in [7, 11) is 0. The van der Waals surface area contributed by atoms with Gasteiger partial charge in [0, 0.05) is 12.6 Å². The summed E-state index contributed by atoms with van der Waals surface area (Å²) >= 11 is 0. The minimum atomic E-state index is -0.975. The number of benzene rings is 2. The molecule has 0 saturated carbocycles. The molecule has 2 rings (SSSR count). The Labute approximate surface area is 149 Å². The lowest BCUT2D eigenvalue weighted by Gasteiger charge is -2.18. The molecule has 0 aromatic heterocycles. The van der Waals surface area contributed by atoms with Gasteiger partial charge in [0.05, 0.1) is 11.7 Å². The summed E-state index contributed by atoms with van der Waals surface area (Å²) in [6.45, 7) is 2.00. The van der Waals surface area contributed by atoms with Gasteiger partial charge in [-0.15, -0.1) is 0 Å². The molecule has 2 atom stereocenters. The topological polar surface area (TPSA) is 95.6 Å². The Balaban J connectivity index is 2.08. The molecule has 0 fully saturated rings. The summed E-state index contributed by atoms with van der Waals surface area (Å²) in [6.07, 6.45) is 0.740. The zero-order chi connectivity index (χ0) is 21.4. The molecule has 0 radical (unpaired) electrons. The summed E-state index contributed by atoms with van der Waals surface area (Å²) in [5, 5.41) is 10.5. The van der Waals surface area contributed by atoms with E-state index in [4.69, 9.17) is 12.2 Å². The summed E-state index contributed by atoms with van der Waals surface area (Å²) in [5.74, 6) is -1.08. The van der Waals surface area contributed by atoms with Crippen molar-refractivity contribution in [2.24, 2.45) is 5.72 Å². The molecule has 24 heavy (non-hydrogen) atoms. The first-order valence-electron chi connectivity index (χ1n) is 10.0. The fraction of sp³-hybridized carbons (Fsp3) is 0.316. The van der Waals surface area contributed by atoms with Crippen LogP contribution in [0, 0.1) is 0 Å². The van der Waals surface area contributed by atoms with Crippen LogP contribution in [0.15, 0.2) is 48.5 Å². The molecule has 0 aliphatic rings. The second-order valence-corrected chi connectivity index (χ2v) is 5.79. The largest absolute Gasteiger partial charge is 0.507 e. The molecule has 5 nitrogen and oxygen atoms in total. The van der Waals surface area contributed by atoms with Crippen LogP contribution in [0.1, 0.15) is 40.9 Å². The number of amides is 1. The Kier molecular flexibility index (Phi) is 4.26. The van der Waals surface area contributed by atoms with E-state index in [1.54, 1.807) is 0 Å². The highest BCUT2D eigenvalue weighted by molar-refractivity contribution is 5.95. The molecule has 0 heterocycles. The number of hydrogen-bond acceptors (Lipinski definition) is 4. The third-order valence-electron chi connectivity index (χ3n) is 3.88. The van der Waals surface area contributed by atoms with Crippen LogP contribution in [0.3, 0.4) is 0 Å². The van der Waals surface area contributed by atoms with Gasteiger partial charge in [-0.1, -0.05) is 36.4 Å². The second-order valence-electron chi connectivity index (χ2n) is 5.79. The van der Waals surface area contributed by atoms with Crippen LogP contribution in [0.5, 0.6) is 5.75 Å². The van der Waals surface area contributed by atoms with Gasteiger partial charge in [-0.25, -0.2) is 0 Å². The highest BCUT2D eigenvalue weighted by Crippen LogP contribution is 2.22. The molecular formula is C19H24N2O3. The van der Waals surface area contributed by atoms with Gasteiger partial charge in [0.15, 0.2) is 2.82 Å². The van der Waals surface area contributed by atoms with Crippen molar-refractivity contribution in [3.63, 3.8) is 0 Å². The Morgan fingerprint density at radius 2 is 2.21 bits per heavy atom. The number of nitrogens with one attached hydrogen (secondary N) is 1. The molecule has 5 heteroatoms. The Hall–Kier alpha value is -2.37. The van der Waals surface area contributed by atoms with E-state index in [1.165, 1.54) is 29.1 Å². The molecule has 2 unspecified atom stereocenters. The standard InChI is InChI=1S/C19H24N2O3/c1-13(7-8-14-5-3-2-4-6-14)21-12-18(23)15-9-10-17(22)16(11-15)19(20)24/h2-6,9-11,13,18,21-23H,7-8,12H2,1H3,(H2,20,24)/i23D/hD4. The minimum Gasteiger partial charge on any atom is -0.507 e. The third-order valence-corrected chi connectivity index (χ3v) is 3.88. The number of aromatic hydroxyl groups is 1. The van der Waals surface area contributed by atoms with Gasteiger partial charge in [0.2, 0.25) is 1.43 Å². The fourth-order valence-corrected chi connectivity index (χ4v) is 2.41. The van der Waals surface area contributed by atoms with Crippen LogP contribution in [0.4, 0.5) is 0 Å². The molecule has 5 N–H and O–H groups in total. The van der Waals surface area contributed by atoms with Gasteiger partial charge in [0.25, 0.3) is 7.34 Å². The number of primary amides is 1. The Morgan fingerprint density at radius 3 is 2.92 bits per heavy atom. The van der Waals surface area contributed by atoms with E-state index >= 15 is 0 Å². The number of carbonyl (C=O) groups excluding carboxylic acids is 1. The first-order valence-corrected chi connectivity index (χ1v) is 7.88. The number of phenols is 1. The quantitative estimate of drug-likeness (QED) is 0.536. The Bertz CT molecular complexity index is 795. The van der Waals surface area contributed by atoms with Gasteiger partial charge in [-0.2, -0.15) is 0 Å². The van der Waals surface area contributed by atoms with Crippen molar-refractivity contribution in [1.82, 2.24) is 5.31 Å². The first kappa shape index (κ1) is 12.1. The molecule has 0 spiro atoms. The number of rotatable bonds is 10. The first-order chi connectivity index (χ1) is 13.9. The van der Waals surface area contributed by atoms with Crippen LogP contribution in [0.25, 0.3) is 0 Å². The van der Waals surface area contributed by atoms with E-state index in [0.29, 0.717) is 5.56 Å². The molecule has 0 aliphatic carbocycles. The average Bonchev–Trinajstić information content (AvgIpc) is 2.75. The third kappa shape index (κ3) is 5.08. The van der Waals surface area contributed by atoms with E-state index in [-0.39, 0.29) is 29.6 Å². The lowest BCUT2D eigenvalue weighted by atomic mass is 10.0. The molecule has 2 aromatic rings. The number of aliphatic hydroxyl groups is 1. The minimum absolute atomic E-state index is 0.0830.